The van der Waals surface area contributed by atoms with Gasteiger partial charge in [-0.2, -0.15) is 0 Å². The van der Waals surface area contributed by atoms with Crippen molar-refractivity contribution in [2.24, 2.45) is 0 Å². The summed E-state index contributed by atoms with van der Waals surface area (Å²) in [7, 11) is 1.66. The van der Waals surface area contributed by atoms with Crippen LogP contribution in [0.3, 0.4) is 0 Å². The van der Waals surface area contributed by atoms with Gasteiger partial charge in [-0.3, -0.25) is 9.69 Å². The van der Waals surface area contributed by atoms with Gasteiger partial charge in [-0.05, 0) is 13.8 Å². The van der Waals surface area contributed by atoms with E-state index in [1.54, 1.807) is 7.05 Å². The number of carbonyl (C=O) groups excluding carboxylic acids is 1. The molecule has 0 aromatic heterocycles. The molecule has 0 saturated carbocycles. The van der Waals surface area contributed by atoms with Crippen LogP contribution in [-0.4, -0.2) is 49.7 Å². The van der Waals surface area contributed by atoms with E-state index >= 15 is 0 Å². The van der Waals surface area contributed by atoms with Gasteiger partial charge in [0.2, 0.25) is 5.91 Å². The summed E-state index contributed by atoms with van der Waals surface area (Å²) in [5.74, 6) is 0.0494. The van der Waals surface area contributed by atoms with E-state index in [-0.39, 0.29) is 11.9 Å². The highest BCUT2D eigenvalue weighted by Gasteiger charge is 2.29. The maximum absolute atomic E-state index is 11.4. The molecule has 76 valence electrons. The normalized spacial score (nSPS) is 24.8. The van der Waals surface area contributed by atoms with Gasteiger partial charge in [-0.1, -0.05) is 0 Å². The topological polar surface area (TPSA) is 41.6 Å². The number of nitrogens with zero attached hydrogens (tertiary/aromatic N) is 1. The monoisotopic (exact) mass is 186 g/mol. The van der Waals surface area contributed by atoms with Gasteiger partial charge in [-0.25, -0.2) is 0 Å². The second-order valence-corrected chi connectivity index (χ2v) is 3.54. The van der Waals surface area contributed by atoms with Gasteiger partial charge in [0.05, 0.1) is 13.2 Å². The number of hydrogen-bond acceptors (Lipinski definition) is 3. The summed E-state index contributed by atoms with van der Waals surface area (Å²) in [4.78, 5) is 13.6. The van der Waals surface area contributed by atoms with Crippen molar-refractivity contribution in [1.29, 1.82) is 0 Å². The van der Waals surface area contributed by atoms with Gasteiger partial charge in [0.15, 0.2) is 0 Å². The SMILES string of the molecule is CNC(=O)C1COCCN1C(C)C. The zero-order valence-corrected chi connectivity index (χ0v) is 8.54. The summed E-state index contributed by atoms with van der Waals surface area (Å²) in [6.45, 7) is 6.28. The molecule has 1 fully saturated rings. The average molecular weight is 186 g/mol. The Bertz CT molecular complexity index is 182. The highest BCUT2D eigenvalue weighted by Crippen LogP contribution is 2.10. The van der Waals surface area contributed by atoms with Crippen LogP contribution in [0.25, 0.3) is 0 Å². The largest absolute Gasteiger partial charge is 0.378 e. The lowest BCUT2D eigenvalue weighted by atomic mass is 10.1. The van der Waals surface area contributed by atoms with Crippen LogP contribution in [0.1, 0.15) is 13.8 Å². The van der Waals surface area contributed by atoms with Crippen LogP contribution in [0.5, 0.6) is 0 Å². The molecule has 1 heterocycles. The van der Waals surface area contributed by atoms with Crippen LogP contribution in [-0.2, 0) is 9.53 Å². The third-order valence-electron chi connectivity index (χ3n) is 2.38. The van der Waals surface area contributed by atoms with Gasteiger partial charge in [0.25, 0.3) is 0 Å². The minimum Gasteiger partial charge on any atom is -0.378 e. The maximum atomic E-state index is 11.4. The summed E-state index contributed by atoms with van der Waals surface area (Å²) < 4.78 is 5.28. The molecule has 1 amide bonds. The van der Waals surface area contributed by atoms with Crippen molar-refractivity contribution in [1.82, 2.24) is 10.2 Å². The minimum atomic E-state index is -0.112. The van der Waals surface area contributed by atoms with Gasteiger partial charge >= 0.3 is 0 Å². The molecule has 1 unspecified atom stereocenters. The molecule has 1 saturated heterocycles. The molecule has 4 nitrogen and oxygen atoms in total. The molecule has 0 aromatic carbocycles. The standard InChI is InChI=1S/C9H18N2O2/c1-7(2)11-4-5-13-6-8(11)9(12)10-3/h7-8H,4-6H2,1-3H3,(H,10,12). The summed E-state index contributed by atoms with van der Waals surface area (Å²) in [6.07, 6.45) is 0. The second kappa shape index (κ2) is 4.58. The third-order valence-corrected chi connectivity index (χ3v) is 2.38. The molecule has 13 heavy (non-hydrogen) atoms. The van der Waals surface area contributed by atoms with Gasteiger partial charge in [-0.15, -0.1) is 0 Å². The zero-order valence-electron chi connectivity index (χ0n) is 8.54. The summed E-state index contributed by atoms with van der Waals surface area (Å²) in [5, 5.41) is 2.66. The molecule has 0 spiro atoms. The number of nitrogens with one attached hydrogen (secondary N) is 1. The van der Waals surface area contributed by atoms with Gasteiger partial charge in [0.1, 0.15) is 6.04 Å². The Morgan fingerprint density at radius 2 is 2.31 bits per heavy atom. The molecule has 0 aromatic rings. The fourth-order valence-electron chi connectivity index (χ4n) is 1.63. The Morgan fingerprint density at radius 1 is 1.62 bits per heavy atom. The molecule has 0 radical (unpaired) electrons. The highest BCUT2D eigenvalue weighted by molar-refractivity contribution is 5.81. The first-order valence-corrected chi connectivity index (χ1v) is 4.72. The number of amides is 1. The van der Waals surface area contributed by atoms with Crippen molar-refractivity contribution in [3.05, 3.63) is 0 Å². The number of ether oxygens (including phenoxy) is 1. The van der Waals surface area contributed by atoms with E-state index in [1.807, 2.05) is 0 Å². The second-order valence-electron chi connectivity index (χ2n) is 3.54. The van der Waals surface area contributed by atoms with E-state index in [1.165, 1.54) is 0 Å². The maximum Gasteiger partial charge on any atom is 0.239 e. The molecule has 4 heteroatoms. The molecule has 1 N–H and O–H groups in total. The predicted octanol–water partition coefficient (Wildman–Crippen LogP) is -0.158. The van der Waals surface area contributed by atoms with Crippen LogP contribution in [0.15, 0.2) is 0 Å². The third kappa shape index (κ3) is 2.42. The number of morpholine rings is 1. The van der Waals surface area contributed by atoms with Crippen LogP contribution >= 0.6 is 0 Å². The minimum absolute atomic E-state index is 0.0494. The number of likely N-dealkylation sites (N-methyl/N-ethyl adjacent to an activating group) is 1. The van der Waals surface area contributed by atoms with E-state index in [0.717, 1.165) is 13.2 Å². The molecule has 1 aliphatic rings. The Labute approximate surface area is 79.2 Å². The number of rotatable bonds is 2. The molecule has 0 aliphatic carbocycles. The summed E-state index contributed by atoms with van der Waals surface area (Å²) in [5.41, 5.74) is 0. The van der Waals surface area contributed by atoms with E-state index in [2.05, 4.69) is 24.1 Å². The first-order chi connectivity index (χ1) is 6.16. The Morgan fingerprint density at radius 3 is 2.85 bits per heavy atom. The quantitative estimate of drug-likeness (QED) is 0.651. The summed E-state index contributed by atoms with van der Waals surface area (Å²) >= 11 is 0. The van der Waals surface area contributed by atoms with Crippen molar-refractivity contribution < 1.29 is 9.53 Å². The lowest BCUT2D eigenvalue weighted by Crippen LogP contribution is -2.55. The smallest absolute Gasteiger partial charge is 0.239 e. The van der Waals surface area contributed by atoms with Crippen LogP contribution in [0, 0.1) is 0 Å². The van der Waals surface area contributed by atoms with E-state index in [4.69, 9.17) is 4.74 Å². The fourth-order valence-corrected chi connectivity index (χ4v) is 1.63. The average Bonchev–Trinajstić information content (AvgIpc) is 2.16. The molecule has 0 bridgehead atoms. The molecular formula is C9H18N2O2. The van der Waals surface area contributed by atoms with Crippen LogP contribution < -0.4 is 5.32 Å². The van der Waals surface area contributed by atoms with Crippen LogP contribution in [0.4, 0.5) is 0 Å². The first-order valence-electron chi connectivity index (χ1n) is 4.72. The van der Waals surface area contributed by atoms with E-state index in [0.29, 0.717) is 12.6 Å². The lowest BCUT2D eigenvalue weighted by Gasteiger charge is -2.36. The first kappa shape index (κ1) is 10.5. The number of hydrogen-bond donors (Lipinski definition) is 1. The fraction of sp³-hybridized carbons (Fsp3) is 0.889. The predicted molar refractivity (Wildman–Crippen MR) is 50.5 cm³/mol. The highest BCUT2D eigenvalue weighted by atomic mass is 16.5. The van der Waals surface area contributed by atoms with Gasteiger partial charge in [0, 0.05) is 19.6 Å². The molecular weight excluding hydrogens is 168 g/mol. The number of carbonyl (C=O) groups is 1. The molecule has 1 aliphatic heterocycles. The zero-order chi connectivity index (χ0) is 9.84. The molecule has 1 rings (SSSR count). The Balaban J connectivity index is 2.61. The summed E-state index contributed by atoms with van der Waals surface area (Å²) in [6, 6.07) is 0.282. The molecule has 1 atom stereocenters. The van der Waals surface area contributed by atoms with Crippen molar-refractivity contribution in [3.8, 4) is 0 Å². The van der Waals surface area contributed by atoms with Gasteiger partial charge < -0.3 is 10.1 Å². The van der Waals surface area contributed by atoms with Crippen molar-refractivity contribution >= 4 is 5.91 Å². The Hall–Kier alpha value is -0.610. The van der Waals surface area contributed by atoms with Crippen molar-refractivity contribution in [3.63, 3.8) is 0 Å². The van der Waals surface area contributed by atoms with E-state index < -0.39 is 0 Å². The van der Waals surface area contributed by atoms with Crippen molar-refractivity contribution in [2.75, 3.05) is 26.8 Å². The van der Waals surface area contributed by atoms with Crippen molar-refractivity contribution in [2.45, 2.75) is 25.9 Å². The van der Waals surface area contributed by atoms with E-state index in [9.17, 15) is 4.79 Å². The Kier molecular flexibility index (Phi) is 3.69. The lowest BCUT2D eigenvalue weighted by molar-refractivity contribution is -0.133. The van der Waals surface area contributed by atoms with Crippen LogP contribution in [0.2, 0.25) is 0 Å².